The number of hydrogen-bond donors (Lipinski definition) is 1. The molecule has 0 aliphatic rings. The third kappa shape index (κ3) is 54.4. The first-order chi connectivity index (χ1) is 45.0. The van der Waals surface area contributed by atoms with Crippen molar-refractivity contribution in [3.63, 3.8) is 0 Å². The van der Waals surface area contributed by atoms with E-state index in [0.717, 1.165) is 148 Å². The van der Waals surface area contributed by atoms with Gasteiger partial charge in [0.05, 0.1) is 11.1 Å². The number of nitrogens with zero attached hydrogens (tertiary/aromatic N) is 2. The average Bonchev–Trinajstić information content (AvgIpc) is 1.90. The van der Waals surface area contributed by atoms with E-state index in [2.05, 4.69) is 62.2 Å². The molecule has 0 saturated carbocycles. The number of hydrogen-bond acceptors (Lipinski definition) is 12. The molecule has 1 amide bonds. The maximum absolute atomic E-state index is 13.0. The molecule has 2 aromatic rings. The number of carbonyl (C=O) groups is 5. The van der Waals surface area contributed by atoms with Crippen molar-refractivity contribution in [1.29, 1.82) is 0 Å². The predicted molar refractivity (Wildman–Crippen MR) is 389 cm³/mol. The second kappa shape index (κ2) is 64.7. The average molecular weight is 1300 g/mol. The molecule has 1 N–H and O–H groups in total. The van der Waals surface area contributed by atoms with Crippen LogP contribution < -0.4 is 5.32 Å². The van der Waals surface area contributed by atoms with Gasteiger partial charge in [0.2, 0.25) is 0 Å². The van der Waals surface area contributed by atoms with Gasteiger partial charge in [0, 0.05) is 38.2 Å². The van der Waals surface area contributed by atoms with Gasteiger partial charge < -0.3 is 34.1 Å². The lowest BCUT2D eigenvalue weighted by atomic mass is 10.1. The Morgan fingerprint density at radius 3 is 1.12 bits per heavy atom. The molecule has 0 radical (unpaired) electrons. The predicted octanol–water partition coefficient (Wildman–Crippen LogP) is 20.5. The molecule has 0 heterocycles. The first kappa shape index (κ1) is 85.0. The third-order valence-electron chi connectivity index (χ3n) is 16.0. The Hall–Kier alpha value is -4.98. The van der Waals surface area contributed by atoms with Gasteiger partial charge in [0.25, 0.3) is 5.24 Å². The van der Waals surface area contributed by atoms with Crippen molar-refractivity contribution in [1.82, 2.24) is 15.1 Å². The maximum atomic E-state index is 13.0. The van der Waals surface area contributed by atoms with E-state index in [1.807, 2.05) is 91.8 Å². The molecular weight excluding hydrogens is 1170 g/mol. The topological polar surface area (TPSA) is 141 Å². The second-order valence-electron chi connectivity index (χ2n) is 24.8. The van der Waals surface area contributed by atoms with Gasteiger partial charge in [0.1, 0.15) is 26.4 Å². The SMILES string of the molecule is CCCCCC/C=C\COC(=O)CCCCCCCN(CCCCc1ccc(C(=O)OC/C=C\CCCCCC)cc1)C(=O)SCCN(C)C.CCCCCC/C=C\COC(=O)CCCCCCCNCCCCc1ccc(C(=O)OC/C=C\CCCCCC)cc1. The van der Waals surface area contributed by atoms with Crippen molar-refractivity contribution in [2.75, 3.05) is 79.0 Å². The Balaban J connectivity index is 0.000000934. The molecule has 522 valence electrons. The summed E-state index contributed by atoms with van der Waals surface area (Å²) in [5.74, 6) is 0.0601. The molecule has 0 aliphatic carbocycles. The molecule has 0 fully saturated rings. The van der Waals surface area contributed by atoms with Gasteiger partial charge in [0.15, 0.2) is 0 Å². The van der Waals surface area contributed by atoms with Crippen LogP contribution in [0.5, 0.6) is 0 Å². The minimum Gasteiger partial charge on any atom is -0.461 e. The molecule has 0 spiro atoms. The standard InChI is InChI=1S/C42H70N2O5S.C37H61NO4/c1-5-7-9-11-13-18-24-35-48-40(45)27-20-16-15-17-22-32-44(42(47)50-37-34-43(3)4)33-23-21-26-38-28-30-39(31-29-38)41(46)49-36-25-19-14-12-10-8-6-2;1-3-5-7-9-11-16-22-32-41-36(39)25-18-14-13-15-20-30-38-31-21-19-24-34-26-28-35(29-27-34)37(40)42-33-23-17-12-10-8-6-4-2/h18-19,24-25,28-31H,5-17,20-23,26-27,32-37H2,1-4H3;16-17,22-23,26-29,38H,3-15,18-21,24-25,30-33H2,1-2H3/b24-18-,25-19-;22-16-,23-17-. The van der Waals surface area contributed by atoms with Gasteiger partial charge in [-0.05, 0) is 178 Å². The number of unbranched alkanes of at least 4 members (excludes halogenated alkanes) is 26. The molecule has 2 rings (SSSR count). The van der Waals surface area contributed by atoms with E-state index in [1.54, 1.807) is 0 Å². The quantitative estimate of drug-likeness (QED) is 0.0292. The van der Waals surface area contributed by atoms with Crippen LogP contribution in [0.15, 0.2) is 97.1 Å². The summed E-state index contributed by atoms with van der Waals surface area (Å²) in [6.07, 6.45) is 58.2. The highest BCUT2D eigenvalue weighted by Crippen LogP contribution is 2.17. The zero-order valence-corrected chi connectivity index (χ0v) is 60.0. The van der Waals surface area contributed by atoms with Crippen LogP contribution in [0.2, 0.25) is 0 Å². The molecule has 0 saturated heterocycles. The highest BCUT2D eigenvalue weighted by atomic mass is 32.2. The van der Waals surface area contributed by atoms with E-state index >= 15 is 0 Å². The number of carbonyl (C=O) groups excluding carboxylic acids is 5. The smallest absolute Gasteiger partial charge is 0.338 e. The summed E-state index contributed by atoms with van der Waals surface area (Å²) in [5.41, 5.74) is 3.64. The van der Waals surface area contributed by atoms with E-state index in [4.69, 9.17) is 18.9 Å². The summed E-state index contributed by atoms with van der Waals surface area (Å²) in [7, 11) is 4.06. The second-order valence-corrected chi connectivity index (χ2v) is 25.9. The Morgan fingerprint density at radius 2 is 0.717 bits per heavy atom. The van der Waals surface area contributed by atoms with Crippen LogP contribution in [0.25, 0.3) is 0 Å². The maximum Gasteiger partial charge on any atom is 0.338 e. The van der Waals surface area contributed by atoms with Crippen LogP contribution in [0.4, 0.5) is 4.79 Å². The van der Waals surface area contributed by atoms with Gasteiger partial charge in [-0.15, -0.1) is 0 Å². The van der Waals surface area contributed by atoms with Crippen molar-refractivity contribution in [3.8, 4) is 0 Å². The number of ether oxygens (including phenoxy) is 4. The van der Waals surface area contributed by atoms with Gasteiger partial charge in [-0.2, -0.15) is 0 Å². The lowest BCUT2D eigenvalue weighted by Crippen LogP contribution is -2.31. The summed E-state index contributed by atoms with van der Waals surface area (Å²) < 4.78 is 21.4. The fourth-order valence-electron chi connectivity index (χ4n) is 10.1. The number of rotatable bonds is 59. The Bertz CT molecular complexity index is 2190. The minimum absolute atomic E-state index is 0.0718. The van der Waals surface area contributed by atoms with Gasteiger partial charge >= 0.3 is 23.9 Å². The van der Waals surface area contributed by atoms with Crippen molar-refractivity contribution in [3.05, 3.63) is 119 Å². The fourth-order valence-corrected chi connectivity index (χ4v) is 11.1. The Labute approximate surface area is 566 Å². The van der Waals surface area contributed by atoms with Crippen LogP contribution in [0, 0.1) is 0 Å². The van der Waals surface area contributed by atoms with E-state index in [-0.39, 0.29) is 29.1 Å². The molecular formula is C79H131N3O9S. The molecule has 0 atom stereocenters. The lowest BCUT2D eigenvalue weighted by Gasteiger charge is -2.22. The number of nitrogens with one attached hydrogen (secondary N) is 1. The van der Waals surface area contributed by atoms with Crippen molar-refractivity contribution < 1.29 is 42.9 Å². The lowest BCUT2D eigenvalue weighted by molar-refractivity contribution is -0.143. The van der Waals surface area contributed by atoms with Crippen LogP contribution in [0.3, 0.4) is 0 Å². The number of aryl methyl sites for hydroxylation is 2. The molecule has 0 bridgehead atoms. The fraction of sp³-hybridized carbons (Fsp3) is 0.684. The number of thioether (sulfide) groups is 1. The third-order valence-corrected chi connectivity index (χ3v) is 16.9. The molecule has 0 aliphatic heterocycles. The van der Waals surface area contributed by atoms with Crippen molar-refractivity contribution in [2.45, 2.75) is 272 Å². The van der Waals surface area contributed by atoms with E-state index in [0.29, 0.717) is 50.4 Å². The van der Waals surface area contributed by atoms with E-state index in [9.17, 15) is 24.0 Å². The van der Waals surface area contributed by atoms with Crippen LogP contribution >= 0.6 is 11.8 Å². The Kier molecular flexibility index (Phi) is 59.8. The highest BCUT2D eigenvalue weighted by Gasteiger charge is 2.15. The first-order valence-corrected chi connectivity index (χ1v) is 37.7. The van der Waals surface area contributed by atoms with E-state index in [1.165, 1.54) is 145 Å². The number of allylic oxidation sites excluding steroid dienone is 4. The molecule has 0 aromatic heterocycles. The van der Waals surface area contributed by atoms with Crippen molar-refractivity contribution >= 4 is 40.9 Å². The van der Waals surface area contributed by atoms with Gasteiger partial charge in [-0.25, -0.2) is 9.59 Å². The summed E-state index contributed by atoms with van der Waals surface area (Å²) >= 11 is 1.41. The first-order valence-electron chi connectivity index (χ1n) is 36.7. The van der Waals surface area contributed by atoms with Gasteiger partial charge in [-0.3, -0.25) is 14.4 Å². The molecule has 0 unspecified atom stereocenters. The zero-order valence-electron chi connectivity index (χ0n) is 59.2. The molecule has 12 nitrogen and oxygen atoms in total. The molecule has 92 heavy (non-hydrogen) atoms. The molecule has 2 aromatic carbocycles. The van der Waals surface area contributed by atoms with Crippen LogP contribution in [0.1, 0.15) is 291 Å². The minimum atomic E-state index is -0.289. The number of amides is 1. The normalized spacial score (nSPS) is 11.5. The largest absolute Gasteiger partial charge is 0.461 e. The summed E-state index contributed by atoms with van der Waals surface area (Å²) in [6, 6.07) is 15.5. The Morgan fingerprint density at radius 1 is 0.380 bits per heavy atom. The monoisotopic (exact) mass is 1300 g/mol. The summed E-state index contributed by atoms with van der Waals surface area (Å²) in [6.45, 7) is 14.8. The zero-order chi connectivity index (χ0) is 66.8. The number of benzene rings is 2. The van der Waals surface area contributed by atoms with E-state index < -0.39 is 0 Å². The number of esters is 4. The van der Waals surface area contributed by atoms with Crippen LogP contribution in [-0.2, 0) is 41.4 Å². The van der Waals surface area contributed by atoms with Crippen LogP contribution in [-0.4, -0.2) is 118 Å². The summed E-state index contributed by atoms with van der Waals surface area (Å²) in [4.78, 5) is 65.6. The highest BCUT2D eigenvalue weighted by molar-refractivity contribution is 8.13. The molecule has 13 heteroatoms. The van der Waals surface area contributed by atoms with Crippen molar-refractivity contribution in [2.24, 2.45) is 0 Å². The van der Waals surface area contributed by atoms with Gasteiger partial charge in [-0.1, -0.05) is 228 Å². The summed E-state index contributed by atoms with van der Waals surface area (Å²) in [5, 5.41) is 3.71.